The lowest BCUT2D eigenvalue weighted by Crippen LogP contribution is -2.04. The Morgan fingerprint density at radius 1 is 1.14 bits per heavy atom. The van der Waals surface area contributed by atoms with Gasteiger partial charge in [0.15, 0.2) is 0 Å². The Bertz CT molecular complexity index is 684. The van der Waals surface area contributed by atoms with Gasteiger partial charge in [-0.3, -0.25) is 0 Å². The van der Waals surface area contributed by atoms with Gasteiger partial charge in [0, 0.05) is 10.2 Å². The van der Waals surface area contributed by atoms with Crippen molar-refractivity contribution in [1.29, 1.82) is 0 Å². The Kier molecular flexibility index (Phi) is 4.75. The molecular formula is C15H11BrF3NO2. The van der Waals surface area contributed by atoms with Gasteiger partial charge < -0.3 is 10.1 Å². The number of rotatable bonds is 3. The fraction of sp³-hybridized carbons (Fsp3) is 0.133. The summed E-state index contributed by atoms with van der Waals surface area (Å²) in [6.07, 6.45) is -4.36. The van der Waals surface area contributed by atoms with E-state index in [9.17, 15) is 18.0 Å². The van der Waals surface area contributed by atoms with E-state index in [1.807, 2.05) is 0 Å². The molecular weight excluding hydrogens is 363 g/mol. The van der Waals surface area contributed by atoms with Gasteiger partial charge in [-0.25, -0.2) is 4.79 Å². The van der Waals surface area contributed by atoms with Crippen molar-refractivity contribution in [3.05, 3.63) is 58.1 Å². The highest BCUT2D eigenvalue weighted by molar-refractivity contribution is 9.10. The van der Waals surface area contributed by atoms with Crippen molar-refractivity contribution in [3.63, 3.8) is 0 Å². The van der Waals surface area contributed by atoms with Gasteiger partial charge in [0.05, 0.1) is 23.9 Å². The van der Waals surface area contributed by atoms with Crippen molar-refractivity contribution in [2.45, 2.75) is 6.18 Å². The Hall–Kier alpha value is -2.02. The largest absolute Gasteiger partial charge is 0.465 e. The molecule has 0 aromatic heterocycles. The van der Waals surface area contributed by atoms with Gasteiger partial charge in [-0.05, 0) is 58.4 Å². The lowest BCUT2D eigenvalue weighted by atomic mass is 10.1. The van der Waals surface area contributed by atoms with Crippen molar-refractivity contribution >= 4 is 33.3 Å². The maximum atomic E-state index is 12.5. The van der Waals surface area contributed by atoms with Crippen molar-refractivity contribution in [2.24, 2.45) is 0 Å². The molecule has 0 aliphatic rings. The first-order valence-electron chi connectivity index (χ1n) is 6.13. The third-order valence-corrected chi connectivity index (χ3v) is 3.54. The van der Waals surface area contributed by atoms with Crippen LogP contribution in [-0.4, -0.2) is 13.1 Å². The van der Waals surface area contributed by atoms with Gasteiger partial charge in [-0.15, -0.1) is 0 Å². The number of hydrogen-bond donors (Lipinski definition) is 1. The molecule has 7 heteroatoms. The first-order valence-corrected chi connectivity index (χ1v) is 6.92. The van der Waals surface area contributed by atoms with Gasteiger partial charge in [0.25, 0.3) is 0 Å². The summed E-state index contributed by atoms with van der Waals surface area (Å²) >= 11 is 3.30. The quantitative estimate of drug-likeness (QED) is 0.769. The number of esters is 1. The molecule has 0 saturated heterocycles. The van der Waals surface area contributed by atoms with Crippen LogP contribution in [0.15, 0.2) is 46.9 Å². The number of anilines is 2. The van der Waals surface area contributed by atoms with Crippen LogP contribution in [0, 0.1) is 0 Å². The summed E-state index contributed by atoms with van der Waals surface area (Å²) in [4.78, 5) is 11.4. The van der Waals surface area contributed by atoms with Crippen LogP contribution in [0.3, 0.4) is 0 Å². The topological polar surface area (TPSA) is 38.3 Å². The summed E-state index contributed by atoms with van der Waals surface area (Å²) in [6.45, 7) is 0. The molecule has 0 aliphatic carbocycles. The second kappa shape index (κ2) is 6.39. The van der Waals surface area contributed by atoms with Gasteiger partial charge in [0.2, 0.25) is 0 Å². The van der Waals surface area contributed by atoms with Gasteiger partial charge in [-0.1, -0.05) is 0 Å². The molecule has 0 amide bonds. The SMILES string of the molecule is COC(=O)c1ccc(Nc2ccc(C(F)(F)F)cc2)c(Br)c1. The average molecular weight is 374 g/mol. The molecule has 1 N–H and O–H groups in total. The molecule has 0 aliphatic heterocycles. The van der Waals surface area contributed by atoms with E-state index in [-0.39, 0.29) is 0 Å². The minimum absolute atomic E-state index is 0.368. The fourth-order valence-corrected chi connectivity index (χ4v) is 2.24. The number of methoxy groups -OCH3 is 1. The van der Waals surface area contributed by atoms with Crippen LogP contribution in [-0.2, 0) is 10.9 Å². The summed E-state index contributed by atoms with van der Waals surface area (Å²) in [7, 11) is 1.28. The van der Waals surface area contributed by atoms with Crippen LogP contribution in [0.1, 0.15) is 15.9 Å². The molecule has 2 rings (SSSR count). The monoisotopic (exact) mass is 373 g/mol. The highest BCUT2D eigenvalue weighted by atomic mass is 79.9. The Labute approximate surface area is 133 Å². The Morgan fingerprint density at radius 3 is 2.27 bits per heavy atom. The Morgan fingerprint density at radius 2 is 1.77 bits per heavy atom. The first kappa shape index (κ1) is 16.4. The number of hydrogen-bond acceptors (Lipinski definition) is 3. The minimum Gasteiger partial charge on any atom is -0.465 e. The van der Waals surface area contributed by atoms with Crippen molar-refractivity contribution < 1.29 is 22.7 Å². The molecule has 0 bridgehead atoms. The normalized spacial score (nSPS) is 11.1. The molecule has 0 spiro atoms. The Balaban J connectivity index is 2.19. The van der Waals surface area contributed by atoms with E-state index in [0.717, 1.165) is 12.1 Å². The lowest BCUT2D eigenvalue weighted by molar-refractivity contribution is -0.137. The maximum absolute atomic E-state index is 12.5. The molecule has 2 aromatic carbocycles. The highest BCUT2D eigenvalue weighted by Crippen LogP contribution is 2.31. The first-order chi connectivity index (χ1) is 10.3. The van der Waals surface area contributed by atoms with E-state index in [4.69, 9.17) is 0 Å². The number of carbonyl (C=O) groups is 1. The summed E-state index contributed by atoms with van der Waals surface area (Å²) in [6, 6.07) is 9.43. The van der Waals surface area contributed by atoms with Crippen LogP contribution in [0.5, 0.6) is 0 Å². The van der Waals surface area contributed by atoms with E-state index < -0.39 is 17.7 Å². The summed E-state index contributed by atoms with van der Waals surface area (Å²) in [5, 5.41) is 2.97. The molecule has 0 atom stereocenters. The van der Waals surface area contributed by atoms with Crippen LogP contribution < -0.4 is 5.32 Å². The molecule has 0 fully saturated rings. The van der Waals surface area contributed by atoms with Crippen molar-refractivity contribution in [3.8, 4) is 0 Å². The third-order valence-electron chi connectivity index (χ3n) is 2.88. The summed E-state index contributed by atoms with van der Waals surface area (Å²) < 4.78 is 42.7. The zero-order valence-corrected chi connectivity index (χ0v) is 13.0. The fourth-order valence-electron chi connectivity index (χ4n) is 1.76. The zero-order chi connectivity index (χ0) is 16.3. The third kappa shape index (κ3) is 3.79. The lowest BCUT2D eigenvalue weighted by Gasteiger charge is -2.11. The predicted octanol–water partition coefficient (Wildman–Crippen LogP) is 5.00. The standard InChI is InChI=1S/C15H11BrF3NO2/c1-22-14(21)9-2-7-13(12(16)8-9)20-11-5-3-10(4-6-11)15(17,18)19/h2-8,20H,1H3. The number of carbonyl (C=O) groups excluding carboxylic acids is 1. The molecule has 3 nitrogen and oxygen atoms in total. The predicted molar refractivity (Wildman–Crippen MR) is 80.2 cm³/mol. The smallest absolute Gasteiger partial charge is 0.416 e. The van der Waals surface area contributed by atoms with E-state index in [0.29, 0.717) is 21.4 Å². The number of benzene rings is 2. The average Bonchev–Trinajstić information content (AvgIpc) is 2.48. The number of alkyl halides is 3. The second-order valence-corrected chi connectivity index (χ2v) is 5.24. The maximum Gasteiger partial charge on any atom is 0.416 e. The molecule has 116 valence electrons. The second-order valence-electron chi connectivity index (χ2n) is 4.39. The van der Waals surface area contributed by atoms with E-state index in [1.165, 1.54) is 19.2 Å². The zero-order valence-electron chi connectivity index (χ0n) is 11.4. The summed E-state index contributed by atoms with van der Waals surface area (Å²) in [5.74, 6) is -0.471. The molecule has 0 saturated carbocycles. The van der Waals surface area contributed by atoms with E-state index >= 15 is 0 Å². The molecule has 0 unspecified atom stereocenters. The van der Waals surface area contributed by atoms with Crippen LogP contribution in [0.4, 0.5) is 24.5 Å². The van der Waals surface area contributed by atoms with Crippen molar-refractivity contribution in [2.75, 3.05) is 12.4 Å². The molecule has 0 heterocycles. The molecule has 2 aromatic rings. The molecule has 22 heavy (non-hydrogen) atoms. The molecule has 0 radical (unpaired) electrons. The number of nitrogens with one attached hydrogen (secondary N) is 1. The van der Waals surface area contributed by atoms with Crippen LogP contribution in [0.25, 0.3) is 0 Å². The van der Waals surface area contributed by atoms with Gasteiger partial charge in [0.1, 0.15) is 0 Å². The number of halogens is 4. The highest BCUT2D eigenvalue weighted by Gasteiger charge is 2.29. The van der Waals surface area contributed by atoms with Gasteiger partial charge >= 0.3 is 12.1 Å². The van der Waals surface area contributed by atoms with Gasteiger partial charge in [-0.2, -0.15) is 13.2 Å². The van der Waals surface area contributed by atoms with Crippen LogP contribution in [0.2, 0.25) is 0 Å². The summed E-state index contributed by atoms with van der Waals surface area (Å²) in [5.41, 5.74) is 0.775. The number of ether oxygens (including phenoxy) is 1. The van der Waals surface area contributed by atoms with Crippen molar-refractivity contribution in [1.82, 2.24) is 0 Å². The van der Waals surface area contributed by atoms with E-state index in [2.05, 4.69) is 26.0 Å². The minimum atomic E-state index is -4.36. The van der Waals surface area contributed by atoms with E-state index in [1.54, 1.807) is 18.2 Å². The van der Waals surface area contributed by atoms with Crippen LogP contribution >= 0.6 is 15.9 Å².